The van der Waals surface area contributed by atoms with E-state index in [4.69, 9.17) is 23.1 Å². The molecule has 1 atom stereocenters. The first kappa shape index (κ1) is 14.4. The van der Waals surface area contributed by atoms with Gasteiger partial charge in [0.25, 0.3) is 5.91 Å². The number of hydrogen-bond donors (Lipinski definition) is 3. The van der Waals surface area contributed by atoms with Gasteiger partial charge in [-0.1, -0.05) is 41.9 Å². The first-order valence-corrected chi connectivity index (χ1v) is 6.59. The number of amides is 1. The lowest BCUT2D eigenvalue weighted by molar-refractivity contribution is 0.100. The first-order valence-electron chi connectivity index (χ1n) is 6.21. The second-order valence-corrected chi connectivity index (χ2v) is 4.89. The Morgan fingerprint density at radius 3 is 2.55 bits per heavy atom. The molecule has 2 aromatic rings. The van der Waals surface area contributed by atoms with E-state index in [0.29, 0.717) is 22.8 Å². The number of halogens is 1. The molecule has 0 radical (unpaired) electrons. The van der Waals surface area contributed by atoms with Crippen molar-refractivity contribution < 1.29 is 4.79 Å². The van der Waals surface area contributed by atoms with Crippen molar-refractivity contribution in [3.63, 3.8) is 0 Å². The van der Waals surface area contributed by atoms with Gasteiger partial charge in [0.05, 0.1) is 5.56 Å². The van der Waals surface area contributed by atoms with Gasteiger partial charge in [0.2, 0.25) is 0 Å². The molecule has 1 amide bonds. The molecule has 0 aliphatic heterocycles. The van der Waals surface area contributed by atoms with Crippen LogP contribution in [-0.2, 0) is 0 Å². The minimum atomic E-state index is -0.502. The average molecular weight is 290 g/mol. The van der Waals surface area contributed by atoms with E-state index in [1.54, 1.807) is 18.2 Å². The number of hydrogen-bond acceptors (Lipinski definition) is 3. The highest BCUT2D eigenvalue weighted by Crippen LogP contribution is 2.21. The van der Waals surface area contributed by atoms with Crippen LogP contribution in [-0.4, -0.2) is 12.5 Å². The number of nitrogens with two attached hydrogens (primary N) is 2. The summed E-state index contributed by atoms with van der Waals surface area (Å²) in [5.74, 6) is -0.502. The fourth-order valence-electron chi connectivity index (χ4n) is 1.92. The van der Waals surface area contributed by atoms with E-state index in [2.05, 4.69) is 5.32 Å². The summed E-state index contributed by atoms with van der Waals surface area (Å²) >= 11 is 5.93. The van der Waals surface area contributed by atoms with Crippen LogP contribution in [0.4, 0.5) is 5.69 Å². The molecule has 4 nitrogen and oxygen atoms in total. The summed E-state index contributed by atoms with van der Waals surface area (Å²) in [4.78, 5) is 11.4. The van der Waals surface area contributed by atoms with Crippen LogP contribution in [0.2, 0.25) is 5.02 Å². The van der Waals surface area contributed by atoms with Crippen molar-refractivity contribution in [2.45, 2.75) is 6.04 Å². The van der Waals surface area contributed by atoms with Gasteiger partial charge in [-0.05, 0) is 23.8 Å². The Morgan fingerprint density at radius 2 is 1.90 bits per heavy atom. The highest BCUT2D eigenvalue weighted by atomic mass is 35.5. The summed E-state index contributed by atoms with van der Waals surface area (Å²) in [5.41, 5.74) is 13.4. The Morgan fingerprint density at radius 1 is 1.20 bits per heavy atom. The number of nitrogens with one attached hydrogen (secondary N) is 1. The lowest BCUT2D eigenvalue weighted by Gasteiger charge is -2.16. The quantitative estimate of drug-likeness (QED) is 0.791. The van der Waals surface area contributed by atoms with Gasteiger partial charge < -0.3 is 16.8 Å². The van der Waals surface area contributed by atoms with E-state index in [0.717, 1.165) is 5.56 Å². The van der Waals surface area contributed by atoms with Gasteiger partial charge in [-0.3, -0.25) is 4.79 Å². The van der Waals surface area contributed by atoms with Crippen LogP contribution < -0.4 is 16.8 Å². The van der Waals surface area contributed by atoms with Gasteiger partial charge >= 0.3 is 0 Å². The van der Waals surface area contributed by atoms with Crippen LogP contribution in [0, 0.1) is 0 Å². The molecule has 0 bridgehead atoms. The average Bonchev–Trinajstić information content (AvgIpc) is 2.45. The van der Waals surface area contributed by atoms with Crippen molar-refractivity contribution in [1.82, 2.24) is 0 Å². The normalized spacial score (nSPS) is 11.9. The molecule has 0 aliphatic rings. The van der Waals surface area contributed by atoms with Crippen LogP contribution >= 0.6 is 11.6 Å². The largest absolute Gasteiger partial charge is 0.382 e. The first-order chi connectivity index (χ1) is 9.58. The smallest absolute Gasteiger partial charge is 0.250 e. The van der Waals surface area contributed by atoms with E-state index in [1.807, 2.05) is 30.3 Å². The highest BCUT2D eigenvalue weighted by molar-refractivity contribution is 6.31. The summed E-state index contributed by atoms with van der Waals surface area (Å²) in [6.07, 6.45) is 0. The third-order valence-corrected chi connectivity index (χ3v) is 3.22. The minimum absolute atomic E-state index is 0.184. The number of benzene rings is 2. The number of primary amides is 1. The molecule has 104 valence electrons. The number of carbonyl (C=O) groups is 1. The second kappa shape index (κ2) is 6.41. The van der Waals surface area contributed by atoms with Gasteiger partial charge in [-0.2, -0.15) is 0 Å². The summed E-state index contributed by atoms with van der Waals surface area (Å²) in [6.45, 7) is 0.477. The third-order valence-electron chi connectivity index (χ3n) is 2.99. The molecule has 5 heteroatoms. The molecule has 2 aromatic carbocycles. The molecular weight excluding hydrogens is 274 g/mol. The predicted octanol–water partition coefficient (Wildman–Crippen LogP) is 2.55. The summed E-state index contributed by atoms with van der Waals surface area (Å²) in [7, 11) is 0. The predicted molar refractivity (Wildman–Crippen MR) is 81.8 cm³/mol. The van der Waals surface area contributed by atoms with Crippen molar-refractivity contribution in [1.29, 1.82) is 0 Å². The number of anilines is 1. The Hall–Kier alpha value is -2.04. The van der Waals surface area contributed by atoms with E-state index >= 15 is 0 Å². The maximum Gasteiger partial charge on any atom is 0.250 e. The molecule has 0 aliphatic carbocycles. The van der Waals surface area contributed by atoms with Gasteiger partial charge in [0.15, 0.2) is 0 Å². The van der Waals surface area contributed by atoms with Crippen LogP contribution in [0.3, 0.4) is 0 Å². The summed E-state index contributed by atoms with van der Waals surface area (Å²) in [6, 6.07) is 14.4. The maximum absolute atomic E-state index is 11.4. The molecule has 20 heavy (non-hydrogen) atoms. The molecule has 0 saturated heterocycles. The van der Waals surface area contributed by atoms with Crippen molar-refractivity contribution in [3.05, 3.63) is 64.7 Å². The zero-order valence-electron chi connectivity index (χ0n) is 10.8. The Bertz CT molecular complexity index is 601. The summed E-state index contributed by atoms with van der Waals surface area (Å²) < 4.78 is 0. The molecule has 0 spiro atoms. The van der Waals surface area contributed by atoms with E-state index in [1.165, 1.54) is 0 Å². The van der Waals surface area contributed by atoms with E-state index < -0.39 is 5.91 Å². The number of carbonyl (C=O) groups excluding carboxylic acids is 1. The Labute approximate surface area is 122 Å². The van der Waals surface area contributed by atoms with Crippen molar-refractivity contribution in [2.75, 3.05) is 11.9 Å². The fourth-order valence-corrected chi connectivity index (χ4v) is 2.09. The Balaban J connectivity index is 2.11. The molecule has 1 unspecified atom stereocenters. The molecule has 2 rings (SSSR count). The molecule has 0 aromatic heterocycles. The minimum Gasteiger partial charge on any atom is -0.382 e. The van der Waals surface area contributed by atoms with Gasteiger partial charge in [-0.15, -0.1) is 0 Å². The second-order valence-electron chi connectivity index (χ2n) is 4.45. The van der Waals surface area contributed by atoms with Crippen LogP contribution in [0.1, 0.15) is 22.0 Å². The molecule has 0 saturated carbocycles. The Kier molecular flexibility index (Phi) is 4.61. The van der Waals surface area contributed by atoms with E-state index in [-0.39, 0.29) is 6.04 Å². The van der Waals surface area contributed by atoms with E-state index in [9.17, 15) is 4.79 Å². The number of rotatable bonds is 5. The van der Waals surface area contributed by atoms with Gasteiger partial charge in [-0.25, -0.2) is 0 Å². The molecule has 0 heterocycles. The van der Waals surface area contributed by atoms with Crippen molar-refractivity contribution >= 4 is 23.2 Å². The maximum atomic E-state index is 11.4. The van der Waals surface area contributed by atoms with Gasteiger partial charge in [0, 0.05) is 23.3 Å². The standard InChI is InChI=1S/C15H16ClN3O/c16-11-6-7-12(15(18)20)14(8-11)19-9-13(17)10-4-2-1-3-5-10/h1-8,13,19H,9,17H2,(H2,18,20). The zero-order valence-corrected chi connectivity index (χ0v) is 11.6. The molecular formula is C15H16ClN3O. The van der Waals surface area contributed by atoms with Crippen LogP contribution in [0.15, 0.2) is 48.5 Å². The zero-order chi connectivity index (χ0) is 14.5. The highest BCUT2D eigenvalue weighted by Gasteiger charge is 2.10. The monoisotopic (exact) mass is 289 g/mol. The van der Waals surface area contributed by atoms with Gasteiger partial charge in [0.1, 0.15) is 0 Å². The van der Waals surface area contributed by atoms with Crippen molar-refractivity contribution in [2.24, 2.45) is 11.5 Å². The van der Waals surface area contributed by atoms with Crippen LogP contribution in [0.5, 0.6) is 0 Å². The van der Waals surface area contributed by atoms with Crippen LogP contribution in [0.25, 0.3) is 0 Å². The lowest BCUT2D eigenvalue weighted by atomic mass is 10.1. The lowest BCUT2D eigenvalue weighted by Crippen LogP contribution is -2.22. The fraction of sp³-hybridized carbons (Fsp3) is 0.133. The summed E-state index contributed by atoms with van der Waals surface area (Å²) in [5, 5.41) is 3.66. The molecule has 0 fully saturated rings. The topological polar surface area (TPSA) is 81.1 Å². The SMILES string of the molecule is NC(=O)c1ccc(Cl)cc1NCC(N)c1ccccc1. The van der Waals surface area contributed by atoms with Crippen molar-refractivity contribution in [3.8, 4) is 0 Å². The molecule has 5 N–H and O–H groups in total. The third kappa shape index (κ3) is 3.50.